The number of amides is 2. The predicted octanol–water partition coefficient (Wildman–Crippen LogP) is 2.72. The maximum atomic E-state index is 12.6. The summed E-state index contributed by atoms with van der Waals surface area (Å²) in [6.45, 7) is 4.19. The van der Waals surface area contributed by atoms with Crippen molar-refractivity contribution in [1.29, 1.82) is 0 Å². The quantitative estimate of drug-likeness (QED) is 0.858. The first-order chi connectivity index (χ1) is 11.7. The number of aromatic nitrogens is 1. The third-order valence-electron chi connectivity index (χ3n) is 3.90. The van der Waals surface area contributed by atoms with Gasteiger partial charge in [-0.05, 0) is 19.1 Å². The third-order valence-corrected chi connectivity index (χ3v) is 4.73. The van der Waals surface area contributed by atoms with Crippen LogP contribution in [0.4, 0.5) is 4.79 Å². The van der Waals surface area contributed by atoms with E-state index in [-0.39, 0.29) is 12.0 Å². The van der Waals surface area contributed by atoms with Gasteiger partial charge in [-0.3, -0.25) is 4.79 Å². The van der Waals surface area contributed by atoms with Gasteiger partial charge in [0, 0.05) is 48.9 Å². The lowest BCUT2D eigenvalue weighted by molar-refractivity contribution is 0.0570. The second-order valence-corrected chi connectivity index (χ2v) is 6.29. The van der Waals surface area contributed by atoms with Gasteiger partial charge in [0.25, 0.3) is 5.91 Å². The number of nitrogens with zero attached hydrogens (tertiary/aromatic N) is 3. The van der Waals surface area contributed by atoms with Crippen molar-refractivity contribution < 1.29 is 14.3 Å². The van der Waals surface area contributed by atoms with Crippen molar-refractivity contribution in [2.75, 3.05) is 32.8 Å². The fourth-order valence-electron chi connectivity index (χ4n) is 2.61. The number of benzene rings is 1. The van der Waals surface area contributed by atoms with E-state index in [0.717, 1.165) is 10.6 Å². The summed E-state index contributed by atoms with van der Waals surface area (Å²) in [6.07, 6.45) is 1.46. The molecule has 1 aliphatic rings. The Bertz CT molecular complexity index is 692. The summed E-state index contributed by atoms with van der Waals surface area (Å²) >= 11 is 1.57. The number of carbonyl (C=O) groups excluding carboxylic acids is 2. The Morgan fingerprint density at radius 2 is 1.79 bits per heavy atom. The number of piperazine rings is 1. The van der Waals surface area contributed by atoms with Crippen molar-refractivity contribution in [2.45, 2.75) is 6.92 Å². The molecular formula is C17H19N3O3S. The topological polar surface area (TPSA) is 62.7 Å². The number of carbonyl (C=O) groups is 2. The molecule has 1 aliphatic heterocycles. The van der Waals surface area contributed by atoms with Gasteiger partial charge in [-0.15, -0.1) is 11.3 Å². The zero-order valence-electron chi connectivity index (χ0n) is 13.5. The van der Waals surface area contributed by atoms with Crippen molar-refractivity contribution in [3.8, 4) is 10.6 Å². The number of ether oxygens (including phenoxy) is 1. The second kappa shape index (κ2) is 7.44. The van der Waals surface area contributed by atoms with Gasteiger partial charge in [-0.25, -0.2) is 9.78 Å². The van der Waals surface area contributed by atoms with E-state index in [4.69, 9.17) is 4.74 Å². The van der Waals surface area contributed by atoms with Crippen LogP contribution in [0, 0.1) is 0 Å². The van der Waals surface area contributed by atoms with Gasteiger partial charge in [0.15, 0.2) is 0 Å². The maximum Gasteiger partial charge on any atom is 0.409 e. The minimum absolute atomic E-state index is 0.0100. The summed E-state index contributed by atoms with van der Waals surface area (Å²) in [6, 6.07) is 7.50. The summed E-state index contributed by atoms with van der Waals surface area (Å²) in [4.78, 5) is 31.9. The van der Waals surface area contributed by atoms with Crippen LogP contribution >= 0.6 is 11.3 Å². The number of rotatable bonds is 3. The molecule has 0 radical (unpaired) electrons. The molecule has 2 heterocycles. The molecule has 0 aliphatic carbocycles. The molecule has 24 heavy (non-hydrogen) atoms. The van der Waals surface area contributed by atoms with Crippen LogP contribution in [0.25, 0.3) is 10.6 Å². The highest BCUT2D eigenvalue weighted by atomic mass is 32.1. The molecule has 0 N–H and O–H groups in total. The zero-order valence-corrected chi connectivity index (χ0v) is 14.3. The van der Waals surface area contributed by atoms with Crippen molar-refractivity contribution in [3.05, 3.63) is 41.4 Å². The molecule has 0 bridgehead atoms. The zero-order chi connectivity index (χ0) is 16.9. The number of hydrogen-bond acceptors (Lipinski definition) is 5. The van der Waals surface area contributed by atoms with Gasteiger partial charge in [0.1, 0.15) is 5.01 Å². The third kappa shape index (κ3) is 3.56. The maximum absolute atomic E-state index is 12.6. The summed E-state index contributed by atoms with van der Waals surface area (Å²) in [5, 5.41) is 2.87. The van der Waals surface area contributed by atoms with Crippen molar-refractivity contribution in [1.82, 2.24) is 14.8 Å². The van der Waals surface area contributed by atoms with Gasteiger partial charge >= 0.3 is 6.09 Å². The van der Waals surface area contributed by atoms with E-state index in [1.165, 1.54) is 0 Å². The summed E-state index contributed by atoms with van der Waals surface area (Å²) in [7, 11) is 0. The lowest BCUT2D eigenvalue weighted by Crippen LogP contribution is -2.50. The Kier molecular flexibility index (Phi) is 5.10. The van der Waals surface area contributed by atoms with Crippen LogP contribution in [0.3, 0.4) is 0 Å². The largest absolute Gasteiger partial charge is 0.450 e. The van der Waals surface area contributed by atoms with Crippen LogP contribution in [-0.2, 0) is 4.74 Å². The standard InChI is InChI=1S/C17H19N3O3S/c1-2-23-17(22)20-10-8-19(9-11-20)16(21)14-5-3-13(4-6-14)15-18-7-12-24-15/h3-7,12H,2,8-11H2,1H3. The van der Waals surface area contributed by atoms with Crippen LogP contribution in [0.15, 0.2) is 35.8 Å². The molecule has 0 spiro atoms. The highest BCUT2D eigenvalue weighted by Gasteiger charge is 2.25. The molecule has 0 atom stereocenters. The molecule has 6 nitrogen and oxygen atoms in total. The first kappa shape index (κ1) is 16.4. The molecule has 7 heteroatoms. The highest BCUT2D eigenvalue weighted by molar-refractivity contribution is 7.13. The molecule has 0 unspecified atom stereocenters. The molecule has 2 amide bonds. The van der Waals surface area contributed by atoms with E-state index in [2.05, 4.69) is 4.98 Å². The molecular weight excluding hydrogens is 326 g/mol. The minimum atomic E-state index is -0.308. The van der Waals surface area contributed by atoms with Crippen molar-refractivity contribution in [2.24, 2.45) is 0 Å². The average Bonchev–Trinajstić information content (AvgIpc) is 3.16. The summed E-state index contributed by atoms with van der Waals surface area (Å²) < 4.78 is 4.99. The minimum Gasteiger partial charge on any atom is -0.450 e. The van der Waals surface area contributed by atoms with E-state index >= 15 is 0 Å². The van der Waals surface area contributed by atoms with E-state index in [9.17, 15) is 9.59 Å². The van der Waals surface area contributed by atoms with Gasteiger partial charge in [0.2, 0.25) is 0 Å². The molecule has 3 rings (SSSR count). The second-order valence-electron chi connectivity index (χ2n) is 5.39. The first-order valence-electron chi connectivity index (χ1n) is 7.90. The number of thiazole rings is 1. The van der Waals surface area contributed by atoms with E-state index in [1.807, 2.05) is 29.6 Å². The summed E-state index contributed by atoms with van der Waals surface area (Å²) in [5.74, 6) is -0.0100. The van der Waals surface area contributed by atoms with Crippen LogP contribution < -0.4 is 0 Å². The lowest BCUT2D eigenvalue weighted by atomic mass is 10.1. The van der Waals surface area contributed by atoms with E-state index in [0.29, 0.717) is 38.3 Å². The Hall–Kier alpha value is -2.41. The monoisotopic (exact) mass is 345 g/mol. The van der Waals surface area contributed by atoms with Crippen molar-refractivity contribution in [3.63, 3.8) is 0 Å². The smallest absolute Gasteiger partial charge is 0.409 e. The van der Waals surface area contributed by atoms with Crippen LogP contribution in [0.1, 0.15) is 17.3 Å². The Labute approximate surface area is 144 Å². The molecule has 1 saturated heterocycles. The predicted molar refractivity (Wildman–Crippen MR) is 92.0 cm³/mol. The highest BCUT2D eigenvalue weighted by Crippen LogP contribution is 2.22. The van der Waals surface area contributed by atoms with Crippen LogP contribution in [-0.4, -0.2) is 59.6 Å². The Balaban J connectivity index is 1.60. The van der Waals surface area contributed by atoms with Crippen LogP contribution in [0.2, 0.25) is 0 Å². The average molecular weight is 345 g/mol. The fraction of sp³-hybridized carbons (Fsp3) is 0.353. The van der Waals surface area contributed by atoms with Gasteiger partial charge < -0.3 is 14.5 Å². The number of hydrogen-bond donors (Lipinski definition) is 0. The van der Waals surface area contributed by atoms with E-state index in [1.54, 1.807) is 34.3 Å². The first-order valence-corrected chi connectivity index (χ1v) is 8.78. The Morgan fingerprint density at radius 3 is 2.38 bits per heavy atom. The molecule has 2 aromatic rings. The van der Waals surface area contributed by atoms with Gasteiger partial charge in [0.05, 0.1) is 6.61 Å². The summed E-state index contributed by atoms with van der Waals surface area (Å²) in [5.41, 5.74) is 1.66. The molecule has 126 valence electrons. The molecule has 1 aromatic heterocycles. The van der Waals surface area contributed by atoms with Gasteiger partial charge in [-0.1, -0.05) is 12.1 Å². The normalized spacial score (nSPS) is 14.5. The molecule has 1 fully saturated rings. The Morgan fingerprint density at radius 1 is 1.12 bits per heavy atom. The van der Waals surface area contributed by atoms with Crippen molar-refractivity contribution >= 4 is 23.3 Å². The van der Waals surface area contributed by atoms with E-state index < -0.39 is 0 Å². The molecule has 0 saturated carbocycles. The molecule has 1 aromatic carbocycles. The van der Waals surface area contributed by atoms with Gasteiger partial charge in [-0.2, -0.15) is 0 Å². The fourth-order valence-corrected chi connectivity index (χ4v) is 3.26. The SMILES string of the molecule is CCOC(=O)N1CCN(C(=O)c2ccc(-c3nccs3)cc2)CC1. The lowest BCUT2D eigenvalue weighted by Gasteiger charge is -2.34. The van der Waals surface area contributed by atoms with Crippen LogP contribution in [0.5, 0.6) is 0 Å².